The molecular weight excluding hydrogens is 486 g/mol. The van der Waals surface area contributed by atoms with E-state index in [4.69, 9.17) is 0 Å². The van der Waals surface area contributed by atoms with Crippen molar-refractivity contribution in [2.24, 2.45) is 11.8 Å². The Morgan fingerprint density at radius 1 is 1.08 bits per heavy atom. The summed E-state index contributed by atoms with van der Waals surface area (Å²) in [7, 11) is 3.75. The molecule has 1 aliphatic heterocycles. The summed E-state index contributed by atoms with van der Waals surface area (Å²) in [5.74, 6) is -0.258. The minimum absolute atomic E-state index is 0.0483. The Morgan fingerprint density at radius 2 is 1.78 bits per heavy atom. The summed E-state index contributed by atoms with van der Waals surface area (Å²) >= 11 is 1.33. The zero-order valence-corrected chi connectivity index (χ0v) is 23.3. The van der Waals surface area contributed by atoms with Crippen LogP contribution in [0.1, 0.15) is 98.5 Å². The van der Waals surface area contributed by atoms with E-state index in [1.54, 1.807) is 4.90 Å². The SMILES string of the molecule is CN1C[C@]2(CC[C@H](N(c3cc(C4=CCCCC4)sc3C(=O)O)C(=O)[C@H]3CC[C@H](C)CC3)CC2)N(C)C1=O. The van der Waals surface area contributed by atoms with Crippen molar-refractivity contribution < 1.29 is 19.5 Å². The van der Waals surface area contributed by atoms with Gasteiger partial charge >= 0.3 is 12.0 Å². The minimum Gasteiger partial charge on any atom is -0.477 e. The number of nitrogens with zero attached hydrogens (tertiary/aromatic N) is 3. The van der Waals surface area contributed by atoms with Gasteiger partial charge < -0.3 is 19.8 Å². The van der Waals surface area contributed by atoms with Gasteiger partial charge in [-0.3, -0.25) is 4.79 Å². The smallest absolute Gasteiger partial charge is 0.348 e. The fraction of sp³-hybridized carbons (Fsp3) is 0.690. The van der Waals surface area contributed by atoms with E-state index < -0.39 is 5.97 Å². The molecule has 2 saturated carbocycles. The van der Waals surface area contributed by atoms with Crippen LogP contribution in [0.4, 0.5) is 10.5 Å². The fourth-order valence-electron chi connectivity index (χ4n) is 7.10. The summed E-state index contributed by atoms with van der Waals surface area (Å²) in [6, 6.07) is 2.00. The number of aromatic carboxylic acids is 1. The van der Waals surface area contributed by atoms with Crippen LogP contribution in [0.25, 0.3) is 5.57 Å². The molecule has 0 atom stereocenters. The van der Waals surface area contributed by atoms with Crippen LogP contribution in [0.15, 0.2) is 12.1 Å². The topological polar surface area (TPSA) is 81.2 Å². The summed E-state index contributed by atoms with van der Waals surface area (Å²) in [5, 5.41) is 10.2. The average Bonchev–Trinajstić information content (AvgIpc) is 3.42. The molecule has 202 valence electrons. The molecule has 5 rings (SSSR count). The van der Waals surface area contributed by atoms with Gasteiger partial charge in [0.05, 0.1) is 11.2 Å². The van der Waals surface area contributed by atoms with E-state index in [0.29, 0.717) is 18.2 Å². The van der Waals surface area contributed by atoms with Crippen molar-refractivity contribution in [2.45, 2.75) is 95.6 Å². The lowest BCUT2D eigenvalue weighted by Crippen LogP contribution is -2.53. The minimum atomic E-state index is -0.951. The molecule has 1 saturated heterocycles. The molecule has 8 heteroatoms. The molecule has 0 bridgehead atoms. The number of hydrogen-bond donors (Lipinski definition) is 1. The molecule has 3 amide bonds. The maximum absolute atomic E-state index is 14.2. The van der Waals surface area contributed by atoms with E-state index in [1.165, 1.54) is 23.3 Å². The van der Waals surface area contributed by atoms with Gasteiger partial charge in [0.1, 0.15) is 4.88 Å². The number of allylic oxidation sites excluding steroid dienone is 2. The molecule has 2 heterocycles. The van der Waals surface area contributed by atoms with Crippen LogP contribution in [0.3, 0.4) is 0 Å². The molecule has 4 aliphatic rings. The van der Waals surface area contributed by atoms with Gasteiger partial charge in [0.2, 0.25) is 5.91 Å². The Hall–Kier alpha value is -2.35. The number of rotatable bonds is 5. The second-order valence-electron chi connectivity index (χ2n) is 11.9. The van der Waals surface area contributed by atoms with Crippen LogP contribution in [0, 0.1) is 11.8 Å². The maximum atomic E-state index is 14.2. The van der Waals surface area contributed by atoms with Gasteiger partial charge in [-0.25, -0.2) is 9.59 Å². The molecule has 1 N–H and O–H groups in total. The molecule has 7 nitrogen and oxygen atoms in total. The van der Waals surface area contributed by atoms with Gasteiger partial charge in [-0.1, -0.05) is 13.0 Å². The first-order valence-corrected chi connectivity index (χ1v) is 14.9. The molecule has 3 fully saturated rings. The zero-order chi connectivity index (χ0) is 26.3. The molecule has 37 heavy (non-hydrogen) atoms. The van der Waals surface area contributed by atoms with Crippen molar-refractivity contribution in [2.75, 3.05) is 25.5 Å². The molecule has 1 aromatic rings. The van der Waals surface area contributed by atoms with Gasteiger partial charge in [-0.05, 0) is 94.6 Å². The van der Waals surface area contributed by atoms with E-state index in [9.17, 15) is 19.5 Å². The Labute approximate surface area is 224 Å². The highest BCUT2D eigenvalue weighted by Crippen LogP contribution is 2.45. The van der Waals surface area contributed by atoms with Crippen LogP contribution in [0.2, 0.25) is 0 Å². The average molecular weight is 528 g/mol. The number of likely N-dealkylation sites (N-methyl/N-ethyl adjacent to an activating group) is 2. The first-order chi connectivity index (χ1) is 17.7. The highest BCUT2D eigenvalue weighted by atomic mass is 32.1. The molecule has 0 unspecified atom stereocenters. The predicted octanol–water partition coefficient (Wildman–Crippen LogP) is 6.24. The Balaban J connectivity index is 1.47. The second kappa shape index (κ2) is 10.4. The second-order valence-corrected chi connectivity index (χ2v) is 13.0. The summed E-state index contributed by atoms with van der Waals surface area (Å²) in [4.78, 5) is 46.1. The number of carbonyl (C=O) groups is 3. The van der Waals surface area contributed by atoms with E-state index in [2.05, 4.69) is 13.0 Å². The normalized spacial score (nSPS) is 30.5. The first kappa shape index (κ1) is 26.3. The maximum Gasteiger partial charge on any atom is 0.348 e. The van der Waals surface area contributed by atoms with Crippen LogP contribution in [-0.2, 0) is 4.79 Å². The molecule has 0 radical (unpaired) electrons. The van der Waals surface area contributed by atoms with Crippen molar-refractivity contribution in [1.29, 1.82) is 0 Å². The summed E-state index contributed by atoms with van der Waals surface area (Å²) in [6.45, 7) is 2.96. The fourth-order valence-corrected chi connectivity index (χ4v) is 8.15. The Bertz CT molecular complexity index is 1080. The molecule has 1 spiro atoms. The van der Waals surface area contributed by atoms with Crippen LogP contribution < -0.4 is 4.90 Å². The molecule has 1 aromatic heterocycles. The Morgan fingerprint density at radius 3 is 2.35 bits per heavy atom. The van der Waals surface area contributed by atoms with Crippen molar-refractivity contribution in [3.63, 3.8) is 0 Å². The highest BCUT2D eigenvalue weighted by Gasteiger charge is 2.49. The standard InChI is InChI=1S/C29H41N3O4S/c1-19-9-11-21(12-10-19)26(33)32(22-13-15-29(16-14-22)18-30(2)28(36)31(29)3)23-17-24(37-25(23)27(34)35)20-7-5-4-6-8-20/h7,17,19,21-22H,4-6,8-16,18H2,1-3H3,(H,34,35)/t19-,21-,22-,29+. The van der Waals surface area contributed by atoms with Crippen LogP contribution in [-0.4, -0.2) is 65.0 Å². The third-order valence-electron chi connectivity index (χ3n) is 9.48. The number of hydrogen-bond acceptors (Lipinski definition) is 4. The lowest BCUT2D eigenvalue weighted by Gasteiger charge is -2.45. The monoisotopic (exact) mass is 527 g/mol. The van der Waals surface area contributed by atoms with Gasteiger partial charge in [0.25, 0.3) is 0 Å². The number of carboxylic acids is 1. The van der Waals surface area contributed by atoms with Crippen molar-refractivity contribution in [3.8, 4) is 0 Å². The molecule has 0 aromatic carbocycles. The van der Waals surface area contributed by atoms with Crippen molar-refractivity contribution in [3.05, 3.63) is 21.9 Å². The third-order valence-corrected chi connectivity index (χ3v) is 10.7. The van der Waals surface area contributed by atoms with E-state index in [0.717, 1.165) is 75.5 Å². The largest absolute Gasteiger partial charge is 0.477 e. The number of urea groups is 1. The summed E-state index contributed by atoms with van der Waals surface area (Å²) in [5.41, 5.74) is 1.62. The van der Waals surface area contributed by atoms with Gasteiger partial charge in [-0.2, -0.15) is 0 Å². The van der Waals surface area contributed by atoms with E-state index in [1.807, 2.05) is 30.0 Å². The number of carbonyl (C=O) groups excluding carboxylic acids is 2. The highest BCUT2D eigenvalue weighted by molar-refractivity contribution is 7.15. The molecular formula is C29H41N3O4S. The van der Waals surface area contributed by atoms with E-state index >= 15 is 0 Å². The van der Waals surface area contributed by atoms with Gasteiger partial charge in [-0.15, -0.1) is 11.3 Å². The quantitative estimate of drug-likeness (QED) is 0.491. The third kappa shape index (κ3) is 4.93. The zero-order valence-electron chi connectivity index (χ0n) is 22.5. The van der Waals surface area contributed by atoms with Crippen molar-refractivity contribution in [1.82, 2.24) is 9.80 Å². The number of anilines is 1. The summed E-state index contributed by atoms with van der Waals surface area (Å²) < 4.78 is 0. The van der Waals surface area contributed by atoms with Gasteiger partial charge in [0.15, 0.2) is 0 Å². The predicted molar refractivity (Wildman–Crippen MR) is 147 cm³/mol. The van der Waals surface area contributed by atoms with Gasteiger partial charge in [0, 0.05) is 37.5 Å². The number of thiophene rings is 1. The number of amides is 3. The lowest BCUT2D eigenvalue weighted by molar-refractivity contribution is -0.124. The van der Waals surface area contributed by atoms with E-state index in [-0.39, 0.29) is 34.3 Å². The lowest BCUT2D eigenvalue weighted by atomic mass is 9.77. The van der Waals surface area contributed by atoms with Crippen molar-refractivity contribution >= 4 is 40.5 Å². The molecule has 3 aliphatic carbocycles. The number of carboxylic acid groups (broad SMARTS) is 1. The van der Waals surface area contributed by atoms with Crippen LogP contribution >= 0.6 is 11.3 Å². The Kier molecular flexibility index (Phi) is 7.40. The summed E-state index contributed by atoms with van der Waals surface area (Å²) in [6.07, 6.45) is 13.6. The van der Waals surface area contributed by atoms with Crippen LogP contribution in [0.5, 0.6) is 0 Å². The first-order valence-electron chi connectivity index (χ1n) is 14.1.